The number of nitrogens with one attached hydrogen (secondary N) is 1. The Bertz CT molecular complexity index is 1310. The first-order valence-corrected chi connectivity index (χ1v) is 36.8. The summed E-state index contributed by atoms with van der Waals surface area (Å²) in [5.41, 5.74) is 0. The lowest BCUT2D eigenvalue weighted by molar-refractivity contribution is -0.143. The van der Waals surface area contributed by atoms with Crippen molar-refractivity contribution in [2.45, 2.75) is 418 Å². The molecule has 0 aliphatic carbocycles. The zero-order valence-electron chi connectivity index (χ0n) is 54.8. The first-order valence-electron chi connectivity index (χ1n) is 36.8. The van der Waals surface area contributed by atoms with Crippen LogP contribution < -0.4 is 5.32 Å². The third kappa shape index (κ3) is 67.1. The van der Waals surface area contributed by atoms with Crippen molar-refractivity contribution in [3.63, 3.8) is 0 Å². The first-order chi connectivity index (χ1) is 40.0. The van der Waals surface area contributed by atoms with Crippen LogP contribution in [0.15, 0.2) is 36.5 Å². The molecule has 2 unspecified atom stereocenters. The van der Waals surface area contributed by atoms with E-state index in [-0.39, 0.29) is 18.5 Å². The van der Waals surface area contributed by atoms with Crippen LogP contribution in [0.1, 0.15) is 406 Å². The van der Waals surface area contributed by atoms with Gasteiger partial charge in [-0.25, -0.2) is 0 Å². The molecule has 0 fully saturated rings. The van der Waals surface area contributed by atoms with E-state index in [2.05, 4.69) is 43.5 Å². The van der Waals surface area contributed by atoms with E-state index in [1.165, 1.54) is 327 Å². The van der Waals surface area contributed by atoms with Crippen LogP contribution >= 0.6 is 0 Å². The van der Waals surface area contributed by atoms with Crippen molar-refractivity contribution in [3.05, 3.63) is 36.5 Å². The highest BCUT2D eigenvalue weighted by atomic mass is 16.5. The molecule has 2 atom stereocenters. The lowest BCUT2D eigenvalue weighted by Gasteiger charge is -2.20. The smallest absolute Gasteiger partial charge is 0.305 e. The van der Waals surface area contributed by atoms with Gasteiger partial charge >= 0.3 is 5.97 Å². The first kappa shape index (κ1) is 79.1. The molecule has 0 aliphatic heterocycles. The van der Waals surface area contributed by atoms with Gasteiger partial charge < -0.3 is 20.3 Å². The number of ether oxygens (including phenoxy) is 1. The Morgan fingerprint density at radius 1 is 0.346 bits per heavy atom. The molecule has 0 saturated heterocycles. The van der Waals surface area contributed by atoms with Crippen molar-refractivity contribution < 1.29 is 24.5 Å². The van der Waals surface area contributed by atoms with E-state index in [4.69, 9.17) is 4.74 Å². The fourth-order valence-corrected chi connectivity index (χ4v) is 11.6. The largest absolute Gasteiger partial charge is 0.466 e. The summed E-state index contributed by atoms with van der Waals surface area (Å²) >= 11 is 0. The number of amides is 1. The quantitative estimate of drug-likeness (QED) is 0.0320. The standard InChI is InChI=1S/C75H143NO5/c1-3-5-7-9-11-13-15-17-18-19-34-38-41-45-49-53-57-61-65-69-75(80)81-70-66-62-58-54-50-46-42-39-36-33-31-29-27-25-23-21-20-22-24-26-28-30-32-35-37-40-44-48-52-56-60-64-68-74(79)76-72(71-77)73(78)67-63-59-55-51-47-43-16-14-12-10-8-6-4-2/h11,13,17-18,63,67,72-73,77-78H,3-10,12,14-16,19-62,64-66,68-71H2,1-2H3,(H,76,79)/b13-11-,18-17-,67-63+. The monoisotopic (exact) mass is 1140 g/mol. The minimum Gasteiger partial charge on any atom is -0.466 e. The van der Waals surface area contributed by atoms with Crippen LogP contribution in [0.25, 0.3) is 0 Å². The maximum Gasteiger partial charge on any atom is 0.305 e. The summed E-state index contributed by atoms with van der Waals surface area (Å²) in [5, 5.41) is 23.1. The summed E-state index contributed by atoms with van der Waals surface area (Å²) < 4.78 is 5.51. The molecule has 6 heteroatoms. The van der Waals surface area contributed by atoms with Gasteiger partial charge in [-0.05, 0) is 64.2 Å². The molecule has 0 aliphatic rings. The Hall–Kier alpha value is -1.92. The Labute approximate surface area is 506 Å². The van der Waals surface area contributed by atoms with E-state index in [9.17, 15) is 19.8 Å². The molecular formula is C75H143NO5. The average Bonchev–Trinajstić information content (AvgIpc) is 3.47. The fraction of sp³-hybridized carbons (Fsp3) is 0.893. The zero-order valence-corrected chi connectivity index (χ0v) is 54.8. The Morgan fingerprint density at radius 2 is 0.617 bits per heavy atom. The molecule has 0 bridgehead atoms. The van der Waals surface area contributed by atoms with Gasteiger partial charge in [0.2, 0.25) is 5.91 Å². The van der Waals surface area contributed by atoms with Crippen molar-refractivity contribution in [2.24, 2.45) is 0 Å². The molecule has 0 spiro atoms. The van der Waals surface area contributed by atoms with Gasteiger partial charge in [-0.1, -0.05) is 365 Å². The predicted molar refractivity (Wildman–Crippen MR) is 356 cm³/mol. The summed E-state index contributed by atoms with van der Waals surface area (Å²) in [5.74, 6) is -0.0444. The molecule has 0 aromatic carbocycles. The van der Waals surface area contributed by atoms with Crippen LogP contribution in [0.5, 0.6) is 0 Å². The van der Waals surface area contributed by atoms with Gasteiger partial charge in [-0.15, -0.1) is 0 Å². The molecule has 0 heterocycles. The summed E-state index contributed by atoms with van der Waals surface area (Å²) in [6.45, 7) is 4.91. The van der Waals surface area contributed by atoms with Gasteiger partial charge in [0.05, 0.1) is 25.4 Å². The third-order valence-electron chi connectivity index (χ3n) is 17.2. The molecule has 3 N–H and O–H groups in total. The highest BCUT2D eigenvalue weighted by Gasteiger charge is 2.18. The number of esters is 1. The van der Waals surface area contributed by atoms with Crippen molar-refractivity contribution in [1.29, 1.82) is 0 Å². The van der Waals surface area contributed by atoms with E-state index < -0.39 is 12.1 Å². The van der Waals surface area contributed by atoms with Crippen LogP contribution in [0, 0.1) is 0 Å². The number of carbonyl (C=O) groups excluding carboxylic acids is 2. The number of aliphatic hydroxyl groups is 2. The predicted octanol–water partition coefficient (Wildman–Crippen LogP) is 23.9. The van der Waals surface area contributed by atoms with E-state index in [0.717, 1.165) is 51.4 Å². The van der Waals surface area contributed by atoms with Gasteiger partial charge in [-0.2, -0.15) is 0 Å². The highest BCUT2D eigenvalue weighted by molar-refractivity contribution is 5.76. The normalized spacial score (nSPS) is 12.7. The second-order valence-corrected chi connectivity index (χ2v) is 25.3. The van der Waals surface area contributed by atoms with Crippen LogP contribution in [0.4, 0.5) is 0 Å². The fourth-order valence-electron chi connectivity index (χ4n) is 11.6. The summed E-state index contributed by atoms with van der Waals surface area (Å²) in [7, 11) is 0. The maximum atomic E-state index is 12.5. The van der Waals surface area contributed by atoms with E-state index in [1.54, 1.807) is 6.08 Å². The van der Waals surface area contributed by atoms with E-state index in [0.29, 0.717) is 19.4 Å². The average molecular weight is 1140 g/mol. The second kappa shape index (κ2) is 70.6. The summed E-state index contributed by atoms with van der Waals surface area (Å²) in [6, 6.07) is -0.624. The van der Waals surface area contributed by atoms with Crippen LogP contribution in [-0.4, -0.2) is 47.4 Å². The Balaban J connectivity index is 3.31. The van der Waals surface area contributed by atoms with Gasteiger partial charge in [0.1, 0.15) is 0 Å². The molecule has 1 amide bonds. The maximum absolute atomic E-state index is 12.5. The number of aliphatic hydroxyl groups excluding tert-OH is 2. The molecule has 0 saturated carbocycles. The van der Waals surface area contributed by atoms with Crippen molar-refractivity contribution >= 4 is 11.9 Å². The van der Waals surface area contributed by atoms with E-state index >= 15 is 0 Å². The van der Waals surface area contributed by atoms with Crippen molar-refractivity contribution in [1.82, 2.24) is 5.32 Å². The molecule has 0 rings (SSSR count). The second-order valence-electron chi connectivity index (χ2n) is 25.3. The SMILES string of the molecule is CCCCC/C=C\C/C=C\CCCCCCCCCCCC(=O)OCCCCCCCCCCCCCCCCCCCCCCCCCCCCCCCCCCC(=O)NC(CO)C(O)/C=C/CCCCCCCCCCCCC. The van der Waals surface area contributed by atoms with Crippen molar-refractivity contribution in [3.8, 4) is 0 Å². The van der Waals surface area contributed by atoms with E-state index in [1.807, 2.05) is 6.08 Å². The number of rotatable bonds is 69. The highest BCUT2D eigenvalue weighted by Crippen LogP contribution is 2.19. The van der Waals surface area contributed by atoms with Gasteiger partial charge in [0, 0.05) is 12.8 Å². The number of hydrogen-bond donors (Lipinski definition) is 3. The molecule has 0 aromatic heterocycles. The van der Waals surface area contributed by atoms with Crippen molar-refractivity contribution in [2.75, 3.05) is 13.2 Å². The third-order valence-corrected chi connectivity index (χ3v) is 17.2. The summed E-state index contributed by atoms with van der Waals surface area (Å²) in [4.78, 5) is 24.6. The lowest BCUT2D eigenvalue weighted by Crippen LogP contribution is -2.45. The molecule has 478 valence electrons. The molecule has 6 nitrogen and oxygen atoms in total. The van der Waals surface area contributed by atoms with Gasteiger partial charge in [0.25, 0.3) is 0 Å². The molecule has 81 heavy (non-hydrogen) atoms. The minimum atomic E-state index is -0.840. The summed E-state index contributed by atoms with van der Waals surface area (Å²) in [6.07, 6.45) is 91.0. The lowest BCUT2D eigenvalue weighted by atomic mass is 10.0. The van der Waals surface area contributed by atoms with Crippen LogP contribution in [-0.2, 0) is 14.3 Å². The molecule has 0 radical (unpaired) electrons. The van der Waals surface area contributed by atoms with Gasteiger partial charge in [-0.3, -0.25) is 9.59 Å². The van der Waals surface area contributed by atoms with Crippen LogP contribution in [0.3, 0.4) is 0 Å². The number of allylic oxidation sites excluding steroid dienone is 5. The topological polar surface area (TPSA) is 95.9 Å². The van der Waals surface area contributed by atoms with Gasteiger partial charge in [0.15, 0.2) is 0 Å². The molecule has 0 aromatic rings. The number of unbranched alkanes of at least 4 members (excludes halogenated alkanes) is 54. The number of carbonyl (C=O) groups is 2. The zero-order chi connectivity index (χ0) is 58.5. The Kier molecular flexibility index (Phi) is 68.9. The Morgan fingerprint density at radius 3 is 0.963 bits per heavy atom. The molecular weight excluding hydrogens is 995 g/mol. The van der Waals surface area contributed by atoms with Crippen LogP contribution in [0.2, 0.25) is 0 Å². The minimum absolute atomic E-state index is 0.0176. The number of hydrogen-bond acceptors (Lipinski definition) is 5.